The van der Waals surface area contributed by atoms with E-state index in [2.05, 4.69) is 5.32 Å². The summed E-state index contributed by atoms with van der Waals surface area (Å²) in [5.41, 5.74) is 0.852. The van der Waals surface area contributed by atoms with Crippen LogP contribution in [0.1, 0.15) is 17.3 Å². The molecular formula is C14H19NO6. The Kier molecular flexibility index (Phi) is 4.79. The van der Waals surface area contributed by atoms with Gasteiger partial charge in [-0.05, 0) is 19.1 Å². The van der Waals surface area contributed by atoms with Crippen LogP contribution in [0.15, 0.2) is 24.3 Å². The number of esters is 1. The Morgan fingerprint density at radius 3 is 2.52 bits per heavy atom. The number of aliphatic hydroxyl groups is 3. The first-order chi connectivity index (χ1) is 9.95. The van der Waals surface area contributed by atoms with Crippen molar-refractivity contribution in [2.75, 3.05) is 12.4 Å². The summed E-state index contributed by atoms with van der Waals surface area (Å²) >= 11 is 0. The van der Waals surface area contributed by atoms with Crippen molar-refractivity contribution in [3.8, 4) is 0 Å². The number of ether oxygens (including phenoxy) is 2. The number of hydrogen-bond donors (Lipinski definition) is 4. The third-order valence-electron chi connectivity index (χ3n) is 3.45. The Hall–Kier alpha value is -1.67. The molecule has 7 heteroatoms. The average Bonchev–Trinajstić information content (AvgIpc) is 2.50. The molecule has 2 rings (SSSR count). The van der Waals surface area contributed by atoms with E-state index in [-0.39, 0.29) is 5.56 Å². The molecule has 1 fully saturated rings. The fourth-order valence-electron chi connectivity index (χ4n) is 2.16. The predicted octanol–water partition coefficient (Wildman–Crippen LogP) is -0.287. The van der Waals surface area contributed by atoms with Gasteiger partial charge in [0.2, 0.25) is 6.29 Å². The first-order valence-electron chi connectivity index (χ1n) is 6.63. The van der Waals surface area contributed by atoms with Gasteiger partial charge >= 0.3 is 5.97 Å². The lowest BCUT2D eigenvalue weighted by atomic mass is 10.00. The quantitative estimate of drug-likeness (QED) is 0.568. The Labute approximate surface area is 122 Å². The molecule has 4 N–H and O–H groups in total. The summed E-state index contributed by atoms with van der Waals surface area (Å²) < 4.78 is 10.3. The van der Waals surface area contributed by atoms with Crippen LogP contribution in [0.25, 0.3) is 0 Å². The number of para-hydroxylation sites is 1. The summed E-state index contributed by atoms with van der Waals surface area (Å²) in [5.74, 6) is -0.695. The molecule has 0 bridgehead atoms. The summed E-state index contributed by atoms with van der Waals surface area (Å²) in [7, 11) is 1.67. The van der Waals surface area contributed by atoms with Crippen LogP contribution >= 0.6 is 0 Å². The van der Waals surface area contributed by atoms with Gasteiger partial charge in [-0.25, -0.2) is 4.79 Å². The number of carbonyl (C=O) groups excluding carboxylic acids is 1. The van der Waals surface area contributed by atoms with Crippen LogP contribution in [0.5, 0.6) is 0 Å². The van der Waals surface area contributed by atoms with Crippen molar-refractivity contribution in [3.63, 3.8) is 0 Å². The number of benzene rings is 1. The van der Waals surface area contributed by atoms with Crippen LogP contribution in [0.2, 0.25) is 0 Å². The topological polar surface area (TPSA) is 108 Å². The Morgan fingerprint density at radius 1 is 1.19 bits per heavy atom. The first kappa shape index (κ1) is 15.7. The predicted molar refractivity (Wildman–Crippen MR) is 73.8 cm³/mol. The lowest BCUT2D eigenvalue weighted by Crippen LogP contribution is -2.57. The van der Waals surface area contributed by atoms with Gasteiger partial charge in [-0.2, -0.15) is 0 Å². The van der Waals surface area contributed by atoms with Gasteiger partial charge in [-0.3, -0.25) is 0 Å². The second kappa shape index (κ2) is 6.40. The molecule has 1 aromatic rings. The average molecular weight is 297 g/mol. The molecule has 0 amide bonds. The number of aliphatic hydroxyl groups excluding tert-OH is 3. The van der Waals surface area contributed by atoms with E-state index >= 15 is 0 Å². The van der Waals surface area contributed by atoms with Crippen molar-refractivity contribution in [1.29, 1.82) is 0 Å². The number of nitrogens with one attached hydrogen (secondary N) is 1. The molecular weight excluding hydrogens is 278 g/mol. The van der Waals surface area contributed by atoms with E-state index < -0.39 is 36.7 Å². The molecule has 0 aromatic heterocycles. The van der Waals surface area contributed by atoms with E-state index in [1.807, 2.05) is 0 Å². The van der Waals surface area contributed by atoms with E-state index in [4.69, 9.17) is 9.47 Å². The lowest BCUT2D eigenvalue weighted by molar-refractivity contribution is -0.276. The molecule has 0 unspecified atom stereocenters. The molecule has 21 heavy (non-hydrogen) atoms. The minimum absolute atomic E-state index is 0.282. The van der Waals surface area contributed by atoms with Gasteiger partial charge in [0.05, 0.1) is 11.7 Å². The normalized spacial score (nSPS) is 32.5. The van der Waals surface area contributed by atoms with Crippen LogP contribution in [-0.2, 0) is 9.47 Å². The number of carbonyl (C=O) groups is 1. The Bertz CT molecular complexity index is 508. The smallest absolute Gasteiger partial charge is 0.342 e. The van der Waals surface area contributed by atoms with Crippen LogP contribution in [-0.4, -0.2) is 59.0 Å². The van der Waals surface area contributed by atoms with Crippen LogP contribution in [0.4, 0.5) is 5.69 Å². The van der Waals surface area contributed by atoms with E-state index in [9.17, 15) is 20.1 Å². The van der Waals surface area contributed by atoms with Crippen molar-refractivity contribution in [2.24, 2.45) is 0 Å². The van der Waals surface area contributed by atoms with Gasteiger partial charge < -0.3 is 30.1 Å². The number of hydrogen-bond acceptors (Lipinski definition) is 7. The SMILES string of the molecule is CNc1ccccc1C(=O)O[C@@H]1O[C@@H](C)[C@@H](O)[C@@H](O)[C@@H]1O. The summed E-state index contributed by atoms with van der Waals surface area (Å²) in [5, 5.41) is 31.9. The first-order valence-corrected chi connectivity index (χ1v) is 6.63. The summed E-state index contributed by atoms with van der Waals surface area (Å²) in [6.07, 6.45) is -6.29. The van der Waals surface area contributed by atoms with E-state index in [1.54, 1.807) is 31.3 Å². The largest absolute Gasteiger partial charge is 0.429 e. The minimum Gasteiger partial charge on any atom is -0.429 e. The third kappa shape index (κ3) is 3.16. The third-order valence-corrected chi connectivity index (χ3v) is 3.45. The molecule has 1 aliphatic heterocycles. The van der Waals surface area contributed by atoms with Gasteiger partial charge in [0.1, 0.15) is 18.3 Å². The standard InChI is InChI=1S/C14H19NO6/c1-7-10(16)11(17)12(18)14(20-7)21-13(19)8-5-3-4-6-9(8)15-2/h3-7,10-12,14-18H,1-2H3/t7-,10+,11+,12-,14-/m0/s1. The lowest BCUT2D eigenvalue weighted by Gasteiger charge is -2.38. The molecule has 7 nitrogen and oxygen atoms in total. The summed E-state index contributed by atoms with van der Waals surface area (Å²) in [4.78, 5) is 12.1. The molecule has 1 aromatic carbocycles. The van der Waals surface area contributed by atoms with Crippen molar-refractivity contribution >= 4 is 11.7 Å². The van der Waals surface area contributed by atoms with Gasteiger partial charge in [-0.1, -0.05) is 12.1 Å². The number of rotatable bonds is 3. The maximum absolute atomic E-state index is 12.1. The van der Waals surface area contributed by atoms with Gasteiger partial charge in [0, 0.05) is 12.7 Å². The number of anilines is 1. The summed E-state index contributed by atoms with van der Waals surface area (Å²) in [6.45, 7) is 1.52. The summed E-state index contributed by atoms with van der Waals surface area (Å²) in [6, 6.07) is 6.71. The van der Waals surface area contributed by atoms with E-state index in [0.717, 1.165) is 0 Å². The maximum atomic E-state index is 12.1. The molecule has 1 heterocycles. The highest BCUT2D eigenvalue weighted by Gasteiger charge is 2.43. The molecule has 0 spiro atoms. The van der Waals surface area contributed by atoms with Crippen molar-refractivity contribution in [3.05, 3.63) is 29.8 Å². The zero-order valence-electron chi connectivity index (χ0n) is 11.8. The zero-order valence-corrected chi connectivity index (χ0v) is 11.8. The Balaban J connectivity index is 2.12. The van der Waals surface area contributed by atoms with Crippen LogP contribution < -0.4 is 5.32 Å². The molecule has 1 saturated heterocycles. The van der Waals surface area contributed by atoms with Gasteiger partial charge in [-0.15, -0.1) is 0 Å². The highest BCUT2D eigenvalue weighted by molar-refractivity contribution is 5.95. The second-order valence-corrected chi connectivity index (χ2v) is 4.88. The fourth-order valence-corrected chi connectivity index (χ4v) is 2.16. The fraction of sp³-hybridized carbons (Fsp3) is 0.500. The van der Waals surface area contributed by atoms with Crippen molar-refractivity contribution < 1.29 is 29.6 Å². The maximum Gasteiger partial charge on any atom is 0.342 e. The highest BCUT2D eigenvalue weighted by Crippen LogP contribution is 2.24. The van der Waals surface area contributed by atoms with E-state index in [0.29, 0.717) is 5.69 Å². The zero-order chi connectivity index (χ0) is 15.6. The van der Waals surface area contributed by atoms with E-state index in [1.165, 1.54) is 6.92 Å². The minimum atomic E-state index is -1.51. The van der Waals surface area contributed by atoms with Crippen molar-refractivity contribution in [2.45, 2.75) is 37.6 Å². The molecule has 1 aliphatic rings. The van der Waals surface area contributed by atoms with Crippen LogP contribution in [0.3, 0.4) is 0 Å². The molecule has 0 saturated carbocycles. The Morgan fingerprint density at radius 2 is 1.86 bits per heavy atom. The second-order valence-electron chi connectivity index (χ2n) is 4.88. The molecule has 0 radical (unpaired) electrons. The van der Waals surface area contributed by atoms with Gasteiger partial charge in [0.25, 0.3) is 0 Å². The van der Waals surface area contributed by atoms with Gasteiger partial charge in [0.15, 0.2) is 0 Å². The van der Waals surface area contributed by atoms with Crippen molar-refractivity contribution in [1.82, 2.24) is 0 Å². The molecule has 116 valence electrons. The monoisotopic (exact) mass is 297 g/mol. The van der Waals surface area contributed by atoms with Crippen LogP contribution in [0, 0.1) is 0 Å². The molecule has 5 atom stereocenters. The highest BCUT2D eigenvalue weighted by atomic mass is 16.7. The molecule has 0 aliphatic carbocycles.